The average Bonchev–Trinajstić information content (AvgIpc) is 2.61. The van der Waals surface area contributed by atoms with Gasteiger partial charge in [-0.05, 0) is 32.1 Å². The number of hydrogen-bond donors (Lipinski definition) is 2. The normalized spacial score (nSPS) is 29.8. The maximum atomic E-state index is 10.7. The molecule has 2 saturated carbocycles. The van der Waals surface area contributed by atoms with E-state index in [-0.39, 0.29) is 5.41 Å². The van der Waals surface area contributed by atoms with Crippen molar-refractivity contribution >= 4 is 0 Å². The summed E-state index contributed by atoms with van der Waals surface area (Å²) in [5, 5.41) is 10.7. The van der Waals surface area contributed by atoms with Crippen LogP contribution in [-0.2, 0) is 0 Å². The molecule has 2 aliphatic carbocycles. The maximum Gasteiger partial charge on any atom is 0.0690 e. The molecule has 0 bridgehead atoms. The predicted molar refractivity (Wildman–Crippen MR) is 62.5 cm³/mol. The van der Waals surface area contributed by atoms with Crippen molar-refractivity contribution in [2.75, 3.05) is 6.54 Å². The molecule has 3 N–H and O–H groups in total. The molecule has 0 aliphatic heterocycles. The lowest BCUT2D eigenvalue weighted by atomic mass is 9.65. The van der Waals surface area contributed by atoms with Crippen molar-refractivity contribution in [3.8, 4) is 0 Å². The van der Waals surface area contributed by atoms with Gasteiger partial charge < -0.3 is 10.8 Å². The molecule has 1 atom stereocenters. The van der Waals surface area contributed by atoms with Crippen molar-refractivity contribution in [3.05, 3.63) is 0 Å². The van der Waals surface area contributed by atoms with Gasteiger partial charge in [-0.3, -0.25) is 0 Å². The first-order valence-corrected chi connectivity index (χ1v) is 6.52. The van der Waals surface area contributed by atoms with Crippen LogP contribution in [0, 0.1) is 11.3 Å². The number of rotatable bonds is 4. The Morgan fingerprint density at radius 3 is 2.27 bits per heavy atom. The van der Waals surface area contributed by atoms with E-state index in [1.54, 1.807) is 0 Å². The molecule has 0 aromatic heterocycles. The molecule has 88 valence electrons. The molecular weight excluding hydrogens is 186 g/mol. The zero-order chi connectivity index (χ0) is 10.9. The van der Waals surface area contributed by atoms with Crippen LogP contribution in [0.2, 0.25) is 0 Å². The first-order valence-electron chi connectivity index (χ1n) is 6.52. The van der Waals surface area contributed by atoms with Gasteiger partial charge in [0, 0.05) is 12.0 Å². The number of aliphatic hydroxyl groups is 1. The maximum absolute atomic E-state index is 10.7. The highest BCUT2D eigenvalue weighted by Gasteiger charge is 2.48. The molecule has 2 nitrogen and oxygen atoms in total. The van der Waals surface area contributed by atoms with E-state index in [9.17, 15) is 5.11 Å². The summed E-state index contributed by atoms with van der Waals surface area (Å²) < 4.78 is 0. The van der Waals surface area contributed by atoms with Gasteiger partial charge in [-0.15, -0.1) is 0 Å². The van der Waals surface area contributed by atoms with E-state index in [4.69, 9.17) is 5.73 Å². The van der Waals surface area contributed by atoms with E-state index in [0.717, 1.165) is 25.2 Å². The molecule has 0 spiro atoms. The monoisotopic (exact) mass is 211 g/mol. The minimum atomic E-state index is -0.524. The Morgan fingerprint density at radius 2 is 1.87 bits per heavy atom. The lowest BCUT2D eigenvalue weighted by molar-refractivity contribution is -0.0862. The summed E-state index contributed by atoms with van der Waals surface area (Å²) in [5.41, 5.74) is 5.44. The lowest BCUT2D eigenvalue weighted by Crippen LogP contribution is -2.50. The molecule has 2 aliphatic rings. The van der Waals surface area contributed by atoms with Gasteiger partial charge in [0.25, 0.3) is 0 Å². The summed E-state index contributed by atoms with van der Waals surface area (Å²) in [7, 11) is 0. The Morgan fingerprint density at radius 1 is 1.27 bits per heavy atom. The Bertz CT molecular complexity index is 215. The highest BCUT2D eigenvalue weighted by atomic mass is 16.3. The van der Waals surface area contributed by atoms with Crippen molar-refractivity contribution in [1.82, 2.24) is 0 Å². The number of hydrogen-bond acceptors (Lipinski definition) is 2. The highest BCUT2D eigenvalue weighted by Crippen LogP contribution is 2.50. The Hall–Kier alpha value is -0.0800. The molecule has 15 heavy (non-hydrogen) atoms. The second-order valence-electron chi connectivity index (χ2n) is 5.97. The Kier molecular flexibility index (Phi) is 3.09. The molecule has 0 aromatic carbocycles. The third-order valence-electron chi connectivity index (χ3n) is 5.00. The lowest BCUT2D eigenvalue weighted by Gasteiger charge is -2.45. The fourth-order valence-corrected chi connectivity index (χ4v) is 3.49. The zero-order valence-electron chi connectivity index (χ0n) is 9.97. The molecule has 0 aromatic rings. The first kappa shape index (κ1) is 11.4. The first-order chi connectivity index (χ1) is 7.10. The van der Waals surface area contributed by atoms with E-state index in [0.29, 0.717) is 6.54 Å². The quantitative estimate of drug-likeness (QED) is 0.750. The highest BCUT2D eigenvalue weighted by molar-refractivity contribution is 5.01. The van der Waals surface area contributed by atoms with Crippen LogP contribution < -0.4 is 5.73 Å². The van der Waals surface area contributed by atoms with Crippen molar-refractivity contribution in [1.29, 1.82) is 0 Å². The molecule has 0 radical (unpaired) electrons. The summed E-state index contributed by atoms with van der Waals surface area (Å²) >= 11 is 0. The molecular formula is C13H25NO. The number of nitrogens with two attached hydrogens (primary N) is 1. The van der Waals surface area contributed by atoms with Gasteiger partial charge in [0.1, 0.15) is 0 Å². The third kappa shape index (κ3) is 1.94. The van der Waals surface area contributed by atoms with Gasteiger partial charge in [-0.2, -0.15) is 0 Å². The summed E-state index contributed by atoms with van der Waals surface area (Å²) in [4.78, 5) is 0. The van der Waals surface area contributed by atoms with Crippen LogP contribution in [0.25, 0.3) is 0 Å². The van der Waals surface area contributed by atoms with Gasteiger partial charge in [-0.25, -0.2) is 0 Å². The molecule has 1 unspecified atom stereocenters. The minimum absolute atomic E-state index is 0.0303. The molecule has 0 saturated heterocycles. The van der Waals surface area contributed by atoms with Crippen LogP contribution in [0.3, 0.4) is 0 Å². The van der Waals surface area contributed by atoms with Gasteiger partial charge in [0.2, 0.25) is 0 Å². The van der Waals surface area contributed by atoms with Crippen molar-refractivity contribution < 1.29 is 5.11 Å². The Balaban J connectivity index is 2.03. The van der Waals surface area contributed by atoms with Crippen LogP contribution in [0.1, 0.15) is 58.3 Å². The van der Waals surface area contributed by atoms with Crippen LogP contribution in [0.15, 0.2) is 0 Å². The topological polar surface area (TPSA) is 46.2 Å². The van der Waals surface area contributed by atoms with E-state index in [1.165, 1.54) is 32.1 Å². The minimum Gasteiger partial charge on any atom is -0.390 e. The standard InChI is InChI=1S/C13H25NO/c1-12(15,9-11-5-4-6-11)13(10-14)7-2-3-8-13/h11,15H,2-10,14H2,1H3. The SMILES string of the molecule is CC(O)(CC1CCC1)C1(CN)CCCC1. The summed E-state index contributed by atoms with van der Waals surface area (Å²) in [6.07, 6.45) is 9.72. The smallest absolute Gasteiger partial charge is 0.0690 e. The van der Waals surface area contributed by atoms with Crippen LogP contribution >= 0.6 is 0 Å². The second-order valence-corrected chi connectivity index (χ2v) is 5.97. The zero-order valence-corrected chi connectivity index (χ0v) is 9.97. The average molecular weight is 211 g/mol. The summed E-state index contributed by atoms with van der Waals surface area (Å²) in [6, 6.07) is 0. The van der Waals surface area contributed by atoms with Crippen LogP contribution in [0.5, 0.6) is 0 Å². The molecule has 2 heteroatoms. The Labute approximate surface area is 93.2 Å². The van der Waals surface area contributed by atoms with E-state index >= 15 is 0 Å². The van der Waals surface area contributed by atoms with Crippen molar-refractivity contribution in [3.63, 3.8) is 0 Å². The largest absolute Gasteiger partial charge is 0.390 e. The molecule has 0 amide bonds. The molecule has 0 heterocycles. The van der Waals surface area contributed by atoms with Gasteiger partial charge in [-0.1, -0.05) is 32.1 Å². The molecule has 2 fully saturated rings. The van der Waals surface area contributed by atoms with Crippen molar-refractivity contribution in [2.45, 2.75) is 63.9 Å². The van der Waals surface area contributed by atoms with Crippen LogP contribution in [0.4, 0.5) is 0 Å². The van der Waals surface area contributed by atoms with E-state index in [1.807, 2.05) is 6.92 Å². The van der Waals surface area contributed by atoms with Crippen LogP contribution in [-0.4, -0.2) is 17.3 Å². The fraction of sp³-hybridized carbons (Fsp3) is 1.00. The van der Waals surface area contributed by atoms with Gasteiger partial charge in [0.05, 0.1) is 5.60 Å². The third-order valence-corrected chi connectivity index (χ3v) is 5.00. The van der Waals surface area contributed by atoms with E-state index in [2.05, 4.69) is 0 Å². The summed E-state index contributed by atoms with van der Waals surface area (Å²) in [5.74, 6) is 0.768. The van der Waals surface area contributed by atoms with Gasteiger partial charge >= 0.3 is 0 Å². The predicted octanol–water partition coefficient (Wildman–Crippen LogP) is 2.45. The van der Waals surface area contributed by atoms with Crippen molar-refractivity contribution in [2.24, 2.45) is 17.1 Å². The summed E-state index contributed by atoms with van der Waals surface area (Å²) in [6.45, 7) is 2.69. The second kappa shape index (κ2) is 4.06. The molecule has 2 rings (SSSR count). The van der Waals surface area contributed by atoms with E-state index < -0.39 is 5.60 Å². The van der Waals surface area contributed by atoms with Gasteiger partial charge in [0.15, 0.2) is 0 Å². The fourth-order valence-electron chi connectivity index (χ4n) is 3.49.